The largest absolute Gasteiger partial charge is 0.369 e. The molecule has 1 aromatic heterocycles. The number of aromatic amines is 1. The second kappa shape index (κ2) is 5.11. The molecule has 0 radical (unpaired) electrons. The number of rotatable bonds is 1. The van der Waals surface area contributed by atoms with Gasteiger partial charge >= 0.3 is 0 Å². The first-order valence-electron chi connectivity index (χ1n) is 3.86. The summed E-state index contributed by atoms with van der Waals surface area (Å²) in [6.45, 7) is 0.352. The van der Waals surface area contributed by atoms with Crippen LogP contribution >= 0.6 is 24.8 Å². The number of halogens is 2. The van der Waals surface area contributed by atoms with Crippen molar-refractivity contribution in [2.75, 3.05) is 12.3 Å². The first-order valence-corrected chi connectivity index (χ1v) is 3.86. The lowest BCUT2D eigenvalue weighted by Crippen LogP contribution is -2.21. The van der Waals surface area contributed by atoms with Gasteiger partial charge in [-0.25, -0.2) is 4.99 Å². The Hall–Kier alpha value is -1.11. The fourth-order valence-corrected chi connectivity index (χ4v) is 1.33. The Kier molecular flexibility index (Phi) is 4.73. The minimum absolute atomic E-state index is 0. The number of nitrogens with two attached hydrogens (primary N) is 2. The lowest BCUT2D eigenvalue weighted by molar-refractivity contribution is 0.894. The molecule has 1 atom stereocenters. The van der Waals surface area contributed by atoms with Gasteiger partial charge in [0.2, 0.25) is 5.95 Å². The van der Waals surface area contributed by atoms with Crippen LogP contribution in [-0.2, 0) is 0 Å². The number of hydrogen-bond donors (Lipinski definition) is 3. The van der Waals surface area contributed by atoms with E-state index in [1.807, 2.05) is 0 Å². The highest BCUT2D eigenvalue weighted by Crippen LogP contribution is 2.25. The van der Waals surface area contributed by atoms with Crippen LogP contribution < -0.4 is 17.0 Å². The molecule has 0 saturated heterocycles. The Morgan fingerprint density at radius 2 is 2.13 bits per heavy atom. The summed E-state index contributed by atoms with van der Waals surface area (Å²) in [7, 11) is 0. The first kappa shape index (κ1) is 13.9. The molecular weight excluding hydrogens is 241 g/mol. The van der Waals surface area contributed by atoms with E-state index in [9.17, 15) is 4.79 Å². The van der Waals surface area contributed by atoms with E-state index in [1.54, 1.807) is 6.21 Å². The quantitative estimate of drug-likeness (QED) is 0.650. The molecule has 0 aromatic carbocycles. The number of anilines is 1. The Morgan fingerprint density at radius 3 is 2.73 bits per heavy atom. The van der Waals surface area contributed by atoms with Crippen molar-refractivity contribution < 1.29 is 0 Å². The van der Waals surface area contributed by atoms with Gasteiger partial charge < -0.3 is 11.5 Å². The number of hydrogen-bond acceptors (Lipinski definition) is 5. The molecule has 0 aliphatic carbocycles. The van der Waals surface area contributed by atoms with E-state index >= 15 is 0 Å². The molecule has 5 N–H and O–H groups in total. The summed E-state index contributed by atoms with van der Waals surface area (Å²) in [5.41, 5.74) is 11.1. The van der Waals surface area contributed by atoms with Gasteiger partial charge in [0.25, 0.3) is 5.56 Å². The molecule has 0 amide bonds. The Morgan fingerprint density at radius 1 is 1.47 bits per heavy atom. The van der Waals surface area contributed by atoms with Crippen molar-refractivity contribution in [2.24, 2.45) is 10.7 Å². The highest BCUT2D eigenvalue weighted by Gasteiger charge is 2.22. The number of H-pyrrole nitrogens is 1. The van der Waals surface area contributed by atoms with Crippen LogP contribution in [-0.4, -0.2) is 22.7 Å². The fraction of sp³-hybridized carbons (Fsp3) is 0.286. The molecule has 0 unspecified atom stereocenters. The van der Waals surface area contributed by atoms with Crippen molar-refractivity contribution in [2.45, 2.75) is 5.92 Å². The van der Waals surface area contributed by atoms with Gasteiger partial charge in [0, 0.05) is 18.7 Å². The summed E-state index contributed by atoms with van der Waals surface area (Å²) in [6, 6.07) is 0. The van der Waals surface area contributed by atoms with E-state index in [2.05, 4.69) is 15.0 Å². The smallest absolute Gasteiger partial charge is 0.258 e. The van der Waals surface area contributed by atoms with Crippen LogP contribution in [0.25, 0.3) is 0 Å². The van der Waals surface area contributed by atoms with E-state index in [4.69, 9.17) is 11.5 Å². The van der Waals surface area contributed by atoms with Gasteiger partial charge in [0.1, 0.15) is 0 Å². The highest BCUT2D eigenvalue weighted by molar-refractivity contribution is 5.85. The third kappa shape index (κ3) is 2.28. The van der Waals surface area contributed by atoms with Crippen LogP contribution in [0.2, 0.25) is 0 Å². The Balaban J connectivity index is 0.000000980. The summed E-state index contributed by atoms with van der Waals surface area (Å²) in [5, 5.41) is 0. The van der Waals surface area contributed by atoms with Gasteiger partial charge in [0.05, 0.1) is 5.56 Å². The maximum atomic E-state index is 11.4. The first-order chi connectivity index (χ1) is 6.22. The van der Waals surface area contributed by atoms with Gasteiger partial charge in [-0.3, -0.25) is 9.78 Å². The SMILES string of the molecule is Cl.Cl.NC[C@H]1C=Nc2nc(N)[nH]c(=O)c21. The number of aromatic nitrogens is 2. The summed E-state index contributed by atoms with van der Waals surface area (Å²) in [6.07, 6.45) is 1.62. The normalized spacial score (nSPS) is 16.5. The zero-order valence-corrected chi connectivity index (χ0v) is 9.27. The van der Waals surface area contributed by atoms with Gasteiger partial charge in [-0.15, -0.1) is 24.8 Å². The molecule has 0 spiro atoms. The predicted octanol–water partition coefficient (Wildman–Crippen LogP) is -0.0461. The van der Waals surface area contributed by atoms with Crippen molar-refractivity contribution in [3.05, 3.63) is 15.9 Å². The number of fused-ring (bicyclic) bond motifs is 1. The van der Waals surface area contributed by atoms with Gasteiger partial charge in [-0.2, -0.15) is 4.98 Å². The standard InChI is InChI=1S/C7H9N5O.2ClH/c8-1-3-2-10-5-4(3)6(13)12-7(9)11-5;;/h2-3H,1,8H2,(H3,9,11,12,13);2*1H/t3-;;/m0../s1. The van der Waals surface area contributed by atoms with Crippen molar-refractivity contribution >= 4 is 42.8 Å². The Bertz CT molecular complexity index is 430. The Labute approximate surface area is 98.0 Å². The number of nitrogens with zero attached hydrogens (tertiary/aromatic N) is 2. The maximum Gasteiger partial charge on any atom is 0.258 e. The zero-order valence-electron chi connectivity index (χ0n) is 7.64. The van der Waals surface area contributed by atoms with E-state index in [-0.39, 0.29) is 42.2 Å². The second-order valence-electron chi connectivity index (χ2n) is 2.81. The topological polar surface area (TPSA) is 110 Å². The highest BCUT2D eigenvalue weighted by atomic mass is 35.5. The summed E-state index contributed by atoms with van der Waals surface area (Å²) < 4.78 is 0. The average molecular weight is 252 g/mol. The number of nitrogens with one attached hydrogen (secondary N) is 1. The summed E-state index contributed by atoms with van der Waals surface area (Å²) in [5.74, 6) is 0.335. The lowest BCUT2D eigenvalue weighted by atomic mass is 10.1. The van der Waals surface area contributed by atoms with Gasteiger partial charge in [-0.1, -0.05) is 0 Å². The molecular formula is C7H11Cl2N5O. The van der Waals surface area contributed by atoms with E-state index in [0.29, 0.717) is 17.9 Å². The zero-order chi connectivity index (χ0) is 9.42. The van der Waals surface area contributed by atoms with Crippen LogP contribution in [0, 0.1) is 0 Å². The van der Waals surface area contributed by atoms with Gasteiger partial charge in [0.15, 0.2) is 5.82 Å². The van der Waals surface area contributed by atoms with Crippen LogP contribution in [0.15, 0.2) is 9.79 Å². The van der Waals surface area contributed by atoms with Crippen molar-refractivity contribution in [1.29, 1.82) is 0 Å². The maximum absolute atomic E-state index is 11.4. The van der Waals surface area contributed by atoms with E-state index < -0.39 is 0 Å². The second-order valence-corrected chi connectivity index (χ2v) is 2.81. The molecule has 6 nitrogen and oxygen atoms in total. The monoisotopic (exact) mass is 251 g/mol. The summed E-state index contributed by atoms with van der Waals surface area (Å²) in [4.78, 5) is 21.6. The molecule has 1 aliphatic rings. The van der Waals surface area contributed by atoms with E-state index in [0.717, 1.165) is 0 Å². The molecule has 0 saturated carbocycles. The average Bonchev–Trinajstić information content (AvgIpc) is 2.47. The van der Waals surface area contributed by atoms with Crippen LogP contribution in [0.1, 0.15) is 11.5 Å². The van der Waals surface area contributed by atoms with Crippen molar-refractivity contribution in [1.82, 2.24) is 9.97 Å². The van der Waals surface area contributed by atoms with Crippen LogP contribution in [0.3, 0.4) is 0 Å². The van der Waals surface area contributed by atoms with E-state index in [1.165, 1.54) is 0 Å². The van der Waals surface area contributed by atoms with Crippen molar-refractivity contribution in [3.8, 4) is 0 Å². The third-order valence-corrected chi connectivity index (χ3v) is 1.95. The molecule has 0 fully saturated rings. The number of aliphatic imine (C=N–C) groups is 1. The molecule has 2 rings (SSSR count). The van der Waals surface area contributed by atoms with Crippen LogP contribution in [0.4, 0.5) is 11.8 Å². The van der Waals surface area contributed by atoms with Crippen molar-refractivity contribution in [3.63, 3.8) is 0 Å². The molecule has 15 heavy (non-hydrogen) atoms. The molecule has 0 bridgehead atoms. The molecule has 84 valence electrons. The molecule has 1 aromatic rings. The third-order valence-electron chi connectivity index (χ3n) is 1.95. The fourth-order valence-electron chi connectivity index (χ4n) is 1.33. The molecule has 8 heteroatoms. The van der Waals surface area contributed by atoms with Gasteiger partial charge in [-0.05, 0) is 0 Å². The lowest BCUT2D eigenvalue weighted by Gasteiger charge is -2.03. The minimum atomic E-state index is -0.254. The predicted molar refractivity (Wildman–Crippen MR) is 63.7 cm³/mol. The molecule has 2 heterocycles. The molecule has 1 aliphatic heterocycles. The minimum Gasteiger partial charge on any atom is -0.369 e. The summed E-state index contributed by atoms with van der Waals surface area (Å²) >= 11 is 0. The number of nitrogen functional groups attached to an aromatic ring is 1. The van der Waals surface area contributed by atoms with Crippen LogP contribution in [0.5, 0.6) is 0 Å².